The third kappa shape index (κ3) is 5.00. The maximum Gasteiger partial charge on any atom is 0.410 e. The van der Waals surface area contributed by atoms with Gasteiger partial charge in [-0.05, 0) is 44.2 Å². The first-order chi connectivity index (χ1) is 13.2. The van der Waals surface area contributed by atoms with Gasteiger partial charge < -0.3 is 15.0 Å². The van der Waals surface area contributed by atoms with Gasteiger partial charge in [0.15, 0.2) is 0 Å². The standard InChI is InChI=1S/C22H29N3O2/c1-3-17(2)24-21-19(12-9-14-23-21)20-13-7-8-15-25(20)22(26)27-16-18-10-5-4-6-11-18/h4-6,9-12,14,17,20H,3,7-8,13,15-16H2,1-2H3,(H,23,24)/t17-,20+/m1/s1. The molecule has 1 aromatic carbocycles. The highest BCUT2D eigenvalue weighted by molar-refractivity contribution is 5.69. The highest BCUT2D eigenvalue weighted by Gasteiger charge is 2.31. The molecule has 1 amide bonds. The molecule has 1 fully saturated rings. The summed E-state index contributed by atoms with van der Waals surface area (Å²) < 4.78 is 5.61. The Hall–Kier alpha value is -2.56. The third-order valence-electron chi connectivity index (χ3n) is 5.14. The zero-order valence-electron chi connectivity index (χ0n) is 16.2. The Bertz CT molecular complexity index is 735. The molecule has 1 aromatic heterocycles. The minimum atomic E-state index is -0.248. The van der Waals surface area contributed by atoms with Gasteiger partial charge >= 0.3 is 6.09 Å². The first kappa shape index (κ1) is 19.2. The van der Waals surface area contributed by atoms with Crippen molar-refractivity contribution in [2.24, 2.45) is 0 Å². The van der Waals surface area contributed by atoms with Gasteiger partial charge in [0.05, 0.1) is 6.04 Å². The number of nitrogens with zero attached hydrogens (tertiary/aromatic N) is 2. The summed E-state index contributed by atoms with van der Waals surface area (Å²) in [6.07, 6.45) is 5.61. The number of amides is 1. The van der Waals surface area contributed by atoms with Crippen LogP contribution in [0.15, 0.2) is 48.7 Å². The Morgan fingerprint density at radius 1 is 1.26 bits per heavy atom. The monoisotopic (exact) mass is 367 g/mol. The molecule has 1 saturated heterocycles. The Morgan fingerprint density at radius 3 is 2.85 bits per heavy atom. The summed E-state index contributed by atoms with van der Waals surface area (Å²) in [5, 5.41) is 3.48. The second-order valence-corrected chi connectivity index (χ2v) is 7.14. The van der Waals surface area contributed by atoms with Gasteiger partial charge in [-0.15, -0.1) is 0 Å². The molecule has 0 radical (unpaired) electrons. The van der Waals surface area contributed by atoms with E-state index < -0.39 is 0 Å². The lowest BCUT2D eigenvalue weighted by atomic mass is 9.96. The van der Waals surface area contributed by atoms with E-state index in [1.165, 1.54) is 0 Å². The highest BCUT2D eigenvalue weighted by atomic mass is 16.6. The number of likely N-dealkylation sites (tertiary alicyclic amines) is 1. The van der Waals surface area contributed by atoms with E-state index in [2.05, 4.69) is 30.2 Å². The number of carbonyl (C=O) groups excluding carboxylic acids is 1. The number of aromatic nitrogens is 1. The molecular weight excluding hydrogens is 338 g/mol. The lowest BCUT2D eigenvalue weighted by molar-refractivity contribution is 0.0680. The number of hydrogen-bond acceptors (Lipinski definition) is 4. The van der Waals surface area contributed by atoms with Gasteiger partial charge in [0.25, 0.3) is 0 Å². The van der Waals surface area contributed by atoms with Gasteiger partial charge in [-0.2, -0.15) is 0 Å². The predicted molar refractivity (Wildman–Crippen MR) is 108 cm³/mol. The number of hydrogen-bond donors (Lipinski definition) is 1. The fourth-order valence-electron chi connectivity index (χ4n) is 3.42. The van der Waals surface area contributed by atoms with Crippen LogP contribution in [0.5, 0.6) is 0 Å². The molecule has 0 spiro atoms. The van der Waals surface area contributed by atoms with E-state index in [-0.39, 0.29) is 12.1 Å². The highest BCUT2D eigenvalue weighted by Crippen LogP contribution is 2.35. The SMILES string of the molecule is CC[C@@H](C)Nc1ncccc1[C@@H]1CCCCN1C(=O)OCc1ccccc1. The second kappa shape index (κ2) is 9.40. The Labute approximate surface area is 161 Å². The van der Waals surface area contributed by atoms with Crippen LogP contribution in [0.1, 0.15) is 56.7 Å². The summed E-state index contributed by atoms with van der Waals surface area (Å²) in [5.41, 5.74) is 2.08. The number of carbonyl (C=O) groups is 1. The number of pyridine rings is 1. The average molecular weight is 367 g/mol. The van der Waals surface area contributed by atoms with Crippen molar-refractivity contribution in [2.75, 3.05) is 11.9 Å². The number of benzene rings is 1. The van der Waals surface area contributed by atoms with Crippen molar-refractivity contribution in [2.45, 2.75) is 58.2 Å². The van der Waals surface area contributed by atoms with Crippen LogP contribution in [0.3, 0.4) is 0 Å². The fraction of sp³-hybridized carbons (Fsp3) is 0.455. The lowest BCUT2D eigenvalue weighted by Crippen LogP contribution is -2.39. The van der Waals surface area contributed by atoms with Crippen LogP contribution in [0, 0.1) is 0 Å². The molecule has 0 saturated carbocycles. The van der Waals surface area contributed by atoms with Crippen LogP contribution in [-0.4, -0.2) is 28.6 Å². The third-order valence-corrected chi connectivity index (χ3v) is 5.14. The van der Waals surface area contributed by atoms with Crippen molar-refractivity contribution < 1.29 is 9.53 Å². The first-order valence-corrected chi connectivity index (χ1v) is 9.87. The Kier molecular flexibility index (Phi) is 6.69. The molecule has 2 heterocycles. The molecule has 0 bridgehead atoms. The number of ether oxygens (including phenoxy) is 1. The molecule has 144 valence electrons. The Balaban J connectivity index is 1.74. The minimum Gasteiger partial charge on any atom is -0.445 e. The van der Waals surface area contributed by atoms with Gasteiger partial charge in [0.2, 0.25) is 0 Å². The van der Waals surface area contributed by atoms with Crippen molar-refractivity contribution in [1.29, 1.82) is 0 Å². The summed E-state index contributed by atoms with van der Waals surface area (Å²) >= 11 is 0. The summed E-state index contributed by atoms with van der Waals surface area (Å²) in [6.45, 7) is 5.31. The van der Waals surface area contributed by atoms with Crippen LogP contribution in [0.2, 0.25) is 0 Å². The average Bonchev–Trinajstić information content (AvgIpc) is 2.73. The molecule has 2 atom stereocenters. The van der Waals surface area contributed by atoms with Crippen molar-refractivity contribution >= 4 is 11.9 Å². The molecule has 5 heteroatoms. The summed E-state index contributed by atoms with van der Waals surface area (Å²) in [5.74, 6) is 0.875. The van der Waals surface area contributed by atoms with Gasteiger partial charge in [0, 0.05) is 24.3 Å². The quantitative estimate of drug-likeness (QED) is 0.766. The zero-order chi connectivity index (χ0) is 19.1. The van der Waals surface area contributed by atoms with E-state index in [1.54, 1.807) is 6.20 Å². The molecule has 1 aliphatic rings. The van der Waals surface area contributed by atoms with Crippen molar-refractivity contribution in [3.05, 3.63) is 59.8 Å². The maximum atomic E-state index is 12.8. The van der Waals surface area contributed by atoms with Crippen LogP contribution >= 0.6 is 0 Å². The van der Waals surface area contributed by atoms with Crippen molar-refractivity contribution in [3.8, 4) is 0 Å². The van der Waals surface area contributed by atoms with Crippen LogP contribution < -0.4 is 5.32 Å². The number of rotatable bonds is 6. The summed E-state index contributed by atoms with van der Waals surface area (Å²) in [6, 6.07) is 14.2. The number of piperidine rings is 1. The minimum absolute atomic E-state index is 0.00211. The fourth-order valence-corrected chi connectivity index (χ4v) is 3.42. The molecular formula is C22H29N3O2. The van der Waals surface area contributed by atoms with E-state index in [9.17, 15) is 4.79 Å². The van der Waals surface area contributed by atoms with Crippen LogP contribution in [0.25, 0.3) is 0 Å². The molecule has 1 N–H and O–H groups in total. The van der Waals surface area contributed by atoms with E-state index in [0.29, 0.717) is 12.6 Å². The Morgan fingerprint density at radius 2 is 2.07 bits per heavy atom. The molecule has 5 nitrogen and oxygen atoms in total. The summed E-state index contributed by atoms with van der Waals surface area (Å²) in [7, 11) is 0. The van der Waals surface area contributed by atoms with Gasteiger partial charge in [-0.3, -0.25) is 0 Å². The molecule has 3 rings (SSSR count). The molecule has 2 aromatic rings. The van der Waals surface area contributed by atoms with E-state index in [0.717, 1.165) is 49.2 Å². The topological polar surface area (TPSA) is 54.5 Å². The van der Waals surface area contributed by atoms with Gasteiger partial charge in [-0.1, -0.05) is 43.3 Å². The largest absolute Gasteiger partial charge is 0.445 e. The van der Waals surface area contributed by atoms with Crippen molar-refractivity contribution in [1.82, 2.24) is 9.88 Å². The van der Waals surface area contributed by atoms with E-state index in [4.69, 9.17) is 4.74 Å². The van der Waals surface area contributed by atoms with Crippen LogP contribution in [-0.2, 0) is 11.3 Å². The lowest BCUT2D eigenvalue weighted by Gasteiger charge is -2.36. The molecule has 27 heavy (non-hydrogen) atoms. The predicted octanol–water partition coefficient (Wildman–Crippen LogP) is 5.16. The zero-order valence-corrected chi connectivity index (χ0v) is 16.2. The van der Waals surface area contributed by atoms with Gasteiger partial charge in [0.1, 0.15) is 12.4 Å². The number of anilines is 1. The van der Waals surface area contributed by atoms with E-state index in [1.807, 2.05) is 41.3 Å². The van der Waals surface area contributed by atoms with Gasteiger partial charge in [-0.25, -0.2) is 9.78 Å². The van der Waals surface area contributed by atoms with E-state index >= 15 is 0 Å². The smallest absolute Gasteiger partial charge is 0.410 e. The second-order valence-electron chi connectivity index (χ2n) is 7.14. The first-order valence-electron chi connectivity index (χ1n) is 9.87. The molecule has 0 unspecified atom stereocenters. The molecule has 1 aliphatic heterocycles. The number of nitrogens with one attached hydrogen (secondary N) is 1. The van der Waals surface area contributed by atoms with Crippen molar-refractivity contribution in [3.63, 3.8) is 0 Å². The normalized spacial score (nSPS) is 18.0. The maximum absolute atomic E-state index is 12.8. The molecule has 0 aliphatic carbocycles. The van der Waals surface area contributed by atoms with Crippen LogP contribution in [0.4, 0.5) is 10.6 Å². The summed E-state index contributed by atoms with van der Waals surface area (Å²) in [4.78, 5) is 19.2.